The number of hydrogen-bond acceptors (Lipinski definition) is 4. The maximum Gasteiger partial charge on any atom is 0.337 e. The van der Waals surface area contributed by atoms with Crippen molar-refractivity contribution in [3.63, 3.8) is 0 Å². The second kappa shape index (κ2) is 9.17. The molecule has 3 atom stereocenters. The molecule has 0 saturated carbocycles. The highest BCUT2D eigenvalue weighted by molar-refractivity contribution is 5.73. The molecular weight excluding hydrogens is 304 g/mol. The van der Waals surface area contributed by atoms with Gasteiger partial charge in [-0.05, 0) is 30.5 Å². The first-order chi connectivity index (χ1) is 11.6. The highest BCUT2D eigenvalue weighted by Crippen LogP contribution is 2.21. The van der Waals surface area contributed by atoms with Gasteiger partial charge in [0.05, 0.1) is 0 Å². The maximum atomic E-state index is 10.2. The summed E-state index contributed by atoms with van der Waals surface area (Å²) in [4.78, 5) is 10.2. The molecule has 1 aliphatic heterocycles. The fraction of sp³-hybridized carbons (Fsp3) is 0.316. The Bertz CT molecular complexity index is 619. The van der Waals surface area contributed by atoms with Crippen LogP contribution in [0.15, 0.2) is 60.7 Å². The second-order valence-corrected chi connectivity index (χ2v) is 5.80. The van der Waals surface area contributed by atoms with Gasteiger partial charge in [-0.25, -0.2) is 4.79 Å². The molecule has 24 heavy (non-hydrogen) atoms. The van der Waals surface area contributed by atoms with Crippen LogP contribution in [0.1, 0.15) is 36.1 Å². The summed E-state index contributed by atoms with van der Waals surface area (Å²) in [5, 5.41) is 20.8. The van der Waals surface area contributed by atoms with E-state index >= 15 is 0 Å². The van der Waals surface area contributed by atoms with Crippen molar-refractivity contribution in [2.75, 3.05) is 6.54 Å². The number of nitrogens with two attached hydrogens (primary N) is 1. The number of rotatable bonds is 3. The van der Waals surface area contributed by atoms with Crippen LogP contribution < -0.4 is 11.1 Å². The van der Waals surface area contributed by atoms with Gasteiger partial charge in [0, 0.05) is 12.1 Å². The van der Waals surface area contributed by atoms with Gasteiger partial charge in [0.2, 0.25) is 0 Å². The zero-order valence-electron chi connectivity index (χ0n) is 13.5. The highest BCUT2D eigenvalue weighted by Gasteiger charge is 2.22. The zero-order valence-corrected chi connectivity index (χ0v) is 13.5. The molecule has 0 bridgehead atoms. The summed E-state index contributed by atoms with van der Waals surface area (Å²) >= 11 is 0. The van der Waals surface area contributed by atoms with Crippen molar-refractivity contribution in [3.8, 4) is 0 Å². The van der Waals surface area contributed by atoms with Crippen molar-refractivity contribution in [2.24, 2.45) is 5.73 Å². The molecule has 5 heteroatoms. The molecule has 5 N–H and O–H groups in total. The smallest absolute Gasteiger partial charge is 0.337 e. The Morgan fingerprint density at radius 2 is 1.67 bits per heavy atom. The van der Waals surface area contributed by atoms with E-state index in [0.717, 1.165) is 13.0 Å². The van der Waals surface area contributed by atoms with Gasteiger partial charge in [-0.1, -0.05) is 60.7 Å². The fourth-order valence-corrected chi connectivity index (χ4v) is 2.72. The molecule has 2 aromatic rings. The minimum absolute atomic E-state index is 0.274. The maximum absolute atomic E-state index is 10.2. The van der Waals surface area contributed by atoms with E-state index in [1.165, 1.54) is 12.0 Å². The van der Waals surface area contributed by atoms with Crippen LogP contribution in [-0.4, -0.2) is 28.8 Å². The Morgan fingerprint density at radius 3 is 2.21 bits per heavy atom. The van der Waals surface area contributed by atoms with Crippen LogP contribution in [0.4, 0.5) is 0 Å². The number of piperidine rings is 1. The number of carboxylic acids is 1. The van der Waals surface area contributed by atoms with E-state index in [0.29, 0.717) is 11.6 Å². The Kier molecular flexibility index (Phi) is 6.93. The molecule has 0 radical (unpaired) electrons. The molecule has 0 aliphatic carbocycles. The number of nitrogens with one attached hydrogen (secondary N) is 1. The van der Waals surface area contributed by atoms with E-state index in [4.69, 9.17) is 15.9 Å². The van der Waals surface area contributed by atoms with E-state index in [-0.39, 0.29) is 6.04 Å². The Balaban J connectivity index is 0.000000177. The van der Waals surface area contributed by atoms with Gasteiger partial charge in [-0.15, -0.1) is 0 Å². The van der Waals surface area contributed by atoms with Gasteiger partial charge in [0.25, 0.3) is 0 Å². The number of hydrogen-bond donors (Lipinski definition) is 4. The average molecular weight is 328 g/mol. The third-order valence-electron chi connectivity index (χ3n) is 4.01. The molecule has 2 aromatic carbocycles. The summed E-state index contributed by atoms with van der Waals surface area (Å²) in [6.45, 7) is 1.09. The molecular formula is C19H24N2O3. The van der Waals surface area contributed by atoms with Gasteiger partial charge in [0.1, 0.15) is 0 Å². The average Bonchev–Trinajstić information content (AvgIpc) is 2.63. The molecule has 5 nitrogen and oxygen atoms in total. The molecule has 1 heterocycles. The lowest BCUT2D eigenvalue weighted by Gasteiger charge is -2.30. The Hall–Kier alpha value is -2.21. The minimum Gasteiger partial charge on any atom is -0.479 e. The molecule has 1 saturated heterocycles. The molecule has 1 fully saturated rings. The van der Waals surface area contributed by atoms with Crippen LogP contribution in [0.3, 0.4) is 0 Å². The molecule has 0 spiro atoms. The lowest BCUT2D eigenvalue weighted by molar-refractivity contribution is -0.146. The van der Waals surface area contributed by atoms with Crippen LogP contribution in [0.2, 0.25) is 0 Å². The summed E-state index contributed by atoms with van der Waals surface area (Å²) in [5.74, 6) is -1.23. The lowest BCUT2D eigenvalue weighted by atomic mass is 9.93. The third-order valence-corrected chi connectivity index (χ3v) is 4.01. The SMILES string of the molecule is N[C@@H]1CCCN[C@@H]1c1ccccc1.O=C(O)C(O)c1ccccc1. The van der Waals surface area contributed by atoms with Gasteiger partial charge < -0.3 is 21.3 Å². The summed E-state index contributed by atoms with van der Waals surface area (Å²) in [5.41, 5.74) is 7.77. The minimum atomic E-state index is -1.41. The van der Waals surface area contributed by atoms with Gasteiger partial charge in [-0.3, -0.25) is 0 Å². The van der Waals surface area contributed by atoms with E-state index in [1.54, 1.807) is 30.3 Å². The number of aliphatic carboxylic acids is 1. The Morgan fingerprint density at radius 1 is 1.08 bits per heavy atom. The second-order valence-electron chi connectivity index (χ2n) is 5.80. The van der Waals surface area contributed by atoms with Crippen molar-refractivity contribution < 1.29 is 15.0 Å². The fourth-order valence-electron chi connectivity index (χ4n) is 2.72. The first-order valence-electron chi connectivity index (χ1n) is 8.09. The topological polar surface area (TPSA) is 95.6 Å². The van der Waals surface area contributed by atoms with E-state index in [2.05, 4.69) is 29.6 Å². The number of aliphatic hydroxyl groups excluding tert-OH is 1. The molecule has 1 unspecified atom stereocenters. The van der Waals surface area contributed by atoms with Crippen molar-refractivity contribution in [3.05, 3.63) is 71.8 Å². The van der Waals surface area contributed by atoms with Gasteiger partial charge in [-0.2, -0.15) is 0 Å². The molecule has 0 amide bonds. The van der Waals surface area contributed by atoms with Crippen LogP contribution in [0.5, 0.6) is 0 Å². The molecule has 128 valence electrons. The summed E-state index contributed by atoms with van der Waals surface area (Å²) in [6, 6.07) is 19.4. The number of aliphatic hydroxyl groups is 1. The summed E-state index contributed by atoms with van der Waals surface area (Å²) < 4.78 is 0. The Labute approximate surface area is 142 Å². The quantitative estimate of drug-likeness (QED) is 0.693. The monoisotopic (exact) mass is 328 g/mol. The standard InChI is InChI=1S/C11H16N2.C8H8O3/c12-10-7-4-8-13-11(10)9-5-2-1-3-6-9;9-7(8(10)11)6-4-2-1-3-5-6/h1-3,5-6,10-11,13H,4,7-8,12H2;1-5,7,9H,(H,10,11)/t10-,11-;/m1./s1. The summed E-state index contributed by atoms with van der Waals surface area (Å²) in [7, 11) is 0. The molecule has 0 aromatic heterocycles. The third kappa shape index (κ3) is 5.16. The van der Waals surface area contributed by atoms with Crippen molar-refractivity contribution in [2.45, 2.75) is 31.0 Å². The largest absolute Gasteiger partial charge is 0.479 e. The normalized spacial score (nSPS) is 21.2. The number of carboxylic acid groups (broad SMARTS) is 1. The van der Waals surface area contributed by atoms with E-state index in [9.17, 15) is 4.79 Å². The van der Waals surface area contributed by atoms with Crippen LogP contribution in [0.25, 0.3) is 0 Å². The van der Waals surface area contributed by atoms with Crippen molar-refractivity contribution in [1.29, 1.82) is 0 Å². The first-order valence-corrected chi connectivity index (χ1v) is 8.09. The van der Waals surface area contributed by atoms with Crippen LogP contribution >= 0.6 is 0 Å². The highest BCUT2D eigenvalue weighted by atomic mass is 16.4. The predicted octanol–water partition coefficient (Wildman–Crippen LogP) is 2.24. The van der Waals surface area contributed by atoms with Gasteiger partial charge in [0.15, 0.2) is 6.10 Å². The van der Waals surface area contributed by atoms with Gasteiger partial charge >= 0.3 is 5.97 Å². The van der Waals surface area contributed by atoms with Crippen molar-refractivity contribution in [1.82, 2.24) is 5.32 Å². The first kappa shape index (κ1) is 18.1. The molecule has 3 rings (SSSR count). The zero-order chi connectivity index (χ0) is 17.4. The number of carbonyl (C=O) groups is 1. The number of benzene rings is 2. The lowest BCUT2D eigenvalue weighted by Crippen LogP contribution is -2.42. The van der Waals surface area contributed by atoms with E-state index < -0.39 is 12.1 Å². The van der Waals surface area contributed by atoms with Crippen LogP contribution in [-0.2, 0) is 4.79 Å². The van der Waals surface area contributed by atoms with Crippen LogP contribution in [0, 0.1) is 0 Å². The van der Waals surface area contributed by atoms with Crippen molar-refractivity contribution >= 4 is 5.97 Å². The predicted molar refractivity (Wildman–Crippen MR) is 93.4 cm³/mol. The van der Waals surface area contributed by atoms with E-state index in [1.807, 2.05) is 6.07 Å². The summed E-state index contributed by atoms with van der Waals surface area (Å²) in [6.07, 6.45) is 0.924. The molecule has 1 aliphatic rings.